The molecule has 1 atom stereocenters. The van der Waals surface area contributed by atoms with Crippen LogP contribution in [0.3, 0.4) is 0 Å². The van der Waals surface area contributed by atoms with Gasteiger partial charge in [0.2, 0.25) is 5.91 Å². The van der Waals surface area contributed by atoms with Crippen LogP contribution < -0.4 is 10.6 Å². The van der Waals surface area contributed by atoms with Crippen molar-refractivity contribution in [3.63, 3.8) is 0 Å². The SMILES string of the molecule is COC1(c2ccccc2Br)C=CC(=O)NC(=S)N1. The van der Waals surface area contributed by atoms with E-state index < -0.39 is 5.72 Å². The third-order valence-corrected chi connectivity index (χ3v) is 3.50. The second-order valence-electron chi connectivity index (χ2n) is 3.70. The zero-order chi connectivity index (χ0) is 13.2. The van der Waals surface area contributed by atoms with Gasteiger partial charge in [-0.3, -0.25) is 10.1 Å². The molecule has 1 unspecified atom stereocenters. The quantitative estimate of drug-likeness (QED) is 0.814. The minimum Gasteiger partial charge on any atom is -0.351 e. The summed E-state index contributed by atoms with van der Waals surface area (Å²) in [5.41, 5.74) is -0.126. The Morgan fingerprint density at radius 1 is 1.39 bits per heavy atom. The highest BCUT2D eigenvalue weighted by atomic mass is 79.9. The van der Waals surface area contributed by atoms with Gasteiger partial charge < -0.3 is 10.1 Å². The first kappa shape index (κ1) is 13.2. The standard InChI is InChI=1S/C12H11BrN2O2S/c1-17-12(8-4-2-3-5-9(8)13)7-6-10(16)14-11(18)15-12/h2-7H,1H3,(H2,14,15,16,18). The summed E-state index contributed by atoms with van der Waals surface area (Å²) >= 11 is 8.52. The number of hydrogen-bond acceptors (Lipinski definition) is 3. The van der Waals surface area contributed by atoms with E-state index in [1.165, 1.54) is 6.08 Å². The van der Waals surface area contributed by atoms with Crippen molar-refractivity contribution in [2.45, 2.75) is 5.72 Å². The lowest BCUT2D eigenvalue weighted by atomic mass is 10.0. The number of thiocarbonyl (C=S) groups is 1. The largest absolute Gasteiger partial charge is 0.351 e. The number of nitrogens with one attached hydrogen (secondary N) is 2. The van der Waals surface area contributed by atoms with Gasteiger partial charge >= 0.3 is 0 Å². The van der Waals surface area contributed by atoms with Gasteiger partial charge in [0.05, 0.1) is 0 Å². The van der Waals surface area contributed by atoms with Crippen LogP contribution in [0.5, 0.6) is 0 Å². The predicted octanol–water partition coefficient (Wildman–Crippen LogP) is 1.81. The number of ether oxygens (including phenoxy) is 1. The fraction of sp³-hybridized carbons (Fsp3) is 0.167. The first-order valence-corrected chi connectivity index (χ1v) is 6.40. The summed E-state index contributed by atoms with van der Waals surface area (Å²) in [6.07, 6.45) is 3.04. The number of methoxy groups -OCH3 is 1. The van der Waals surface area contributed by atoms with Crippen LogP contribution in [0, 0.1) is 0 Å². The number of carbonyl (C=O) groups excluding carboxylic acids is 1. The summed E-state index contributed by atoms with van der Waals surface area (Å²) in [6.45, 7) is 0. The molecule has 94 valence electrons. The predicted molar refractivity (Wildman–Crippen MR) is 75.8 cm³/mol. The van der Waals surface area contributed by atoms with Crippen LogP contribution in [0.15, 0.2) is 40.9 Å². The van der Waals surface area contributed by atoms with E-state index in [2.05, 4.69) is 26.6 Å². The summed E-state index contributed by atoms with van der Waals surface area (Å²) in [6, 6.07) is 7.58. The lowest BCUT2D eigenvalue weighted by Crippen LogP contribution is -2.49. The number of benzene rings is 1. The molecule has 1 aliphatic heterocycles. The Bertz CT molecular complexity index is 533. The molecule has 0 radical (unpaired) electrons. The highest BCUT2D eigenvalue weighted by Gasteiger charge is 2.34. The molecule has 0 fully saturated rings. The molecule has 0 aliphatic carbocycles. The van der Waals surface area contributed by atoms with Gasteiger partial charge in [0.25, 0.3) is 0 Å². The van der Waals surface area contributed by atoms with Gasteiger partial charge in [0.15, 0.2) is 10.8 Å². The highest BCUT2D eigenvalue weighted by molar-refractivity contribution is 9.10. The Balaban J connectivity index is 2.54. The summed E-state index contributed by atoms with van der Waals surface area (Å²) in [4.78, 5) is 11.4. The van der Waals surface area contributed by atoms with Gasteiger partial charge in [-0.15, -0.1) is 0 Å². The summed E-state index contributed by atoms with van der Waals surface area (Å²) in [5.74, 6) is -0.279. The maximum absolute atomic E-state index is 11.4. The second-order valence-corrected chi connectivity index (χ2v) is 4.96. The van der Waals surface area contributed by atoms with Crippen molar-refractivity contribution in [1.82, 2.24) is 10.6 Å². The molecule has 0 bridgehead atoms. The van der Waals surface area contributed by atoms with E-state index in [0.29, 0.717) is 0 Å². The number of halogens is 1. The monoisotopic (exact) mass is 326 g/mol. The molecule has 6 heteroatoms. The molecule has 0 spiro atoms. The molecule has 0 saturated carbocycles. The summed E-state index contributed by atoms with van der Waals surface area (Å²) in [7, 11) is 1.55. The molecule has 0 aromatic heterocycles. The molecule has 18 heavy (non-hydrogen) atoms. The van der Waals surface area contributed by atoms with Crippen molar-refractivity contribution in [3.8, 4) is 0 Å². The van der Waals surface area contributed by atoms with Gasteiger partial charge in [0.1, 0.15) is 0 Å². The van der Waals surface area contributed by atoms with E-state index in [4.69, 9.17) is 17.0 Å². The third kappa shape index (κ3) is 2.45. The topological polar surface area (TPSA) is 50.4 Å². The van der Waals surface area contributed by atoms with Gasteiger partial charge in [0, 0.05) is 23.2 Å². The molecule has 1 aromatic carbocycles. The minimum atomic E-state index is -0.962. The average Bonchev–Trinajstić information content (AvgIpc) is 2.49. The Kier molecular flexibility index (Phi) is 3.79. The van der Waals surface area contributed by atoms with Gasteiger partial charge in [-0.2, -0.15) is 0 Å². The van der Waals surface area contributed by atoms with Crippen molar-refractivity contribution < 1.29 is 9.53 Å². The third-order valence-electron chi connectivity index (χ3n) is 2.60. The first-order chi connectivity index (χ1) is 8.57. The smallest absolute Gasteiger partial charge is 0.249 e. The van der Waals surface area contributed by atoms with Crippen LogP contribution in [0.1, 0.15) is 5.56 Å². The lowest BCUT2D eigenvalue weighted by molar-refractivity contribution is -0.115. The molecular formula is C12H11BrN2O2S. The van der Waals surface area contributed by atoms with Crippen LogP contribution in [-0.4, -0.2) is 18.1 Å². The Morgan fingerprint density at radius 3 is 2.78 bits per heavy atom. The minimum absolute atomic E-state index is 0.225. The number of hydrogen-bond donors (Lipinski definition) is 2. The van der Waals surface area contributed by atoms with E-state index in [-0.39, 0.29) is 11.0 Å². The number of amides is 1. The normalized spacial score (nSPS) is 23.2. The number of rotatable bonds is 2. The molecule has 0 saturated heterocycles. The van der Waals surface area contributed by atoms with E-state index in [1.54, 1.807) is 13.2 Å². The van der Waals surface area contributed by atoms with E-state index in [1.807, 2.05) is 24.3 Å². The fourth-order valence-electron chi connectivity index (χ4n) is 1.74. The molecule has 4 nitrogen and oxygen atoms in total. The van der Waals surface area contributed by atoms with Crippen LogP contribution in [0.4, 0.5) is 0 Å². The Morgan fingerprint density at radius 2 is 2.11 bits per heavy atom. The maximum Gasteiger partial charge on any atom is 0.249 e. The first-order valence-electron chi connectivity index (χ1n) is 5.20. The van der Waals surface area contributed by atoms with Crippen molar-refractivity contribution in [2.75, 3.05) is 7.11 Å². The molecule has 1 aromatic rings. The average molecular weight is 327 g/mol. The van der Waals surface area contributed by atoms with Crippen LogP contribution in [0.2, 0.25) is 0 Å². The number of carbonyl (C=O) groups is 1. The van der Waals surface area contributed by atoms with E-state index >= 15 is 0 Å². The van der Waals surface area contributed by atoms with E-state index in [9.17, 15) is 4.79 Å². The fourth-order valence-corrected chi connectivity index (χ4v) is 2.57. The van der Waals surface area contributed by atoms with Crippen molar-refractivity contribution in [1.29, 1.82) is 0 Å². The van der Waals surface area contributed by atoms with Gasteiger partial charge in [-0.25, -0.2) is 0 Å². The second kappa shape index (κ2) is 5.17. The van der Waals surface area contributed by atoms with Gasteiger partial charge in [-0.1, -0.05) is 34.1 Å². The van der Waals surface area contributed by atoms with Crippen molar-refractivity contribution in [2.24, 2.45) is 0 Å². The van der Waals surface area contributed by atoms with Gasteiger partial charge in [-0.05, 0) is 24.4 Å². The summed E-state index contributed by atoms with van der Waals surface area (Å²) in [5, 5.41) is 5.73. The summed E-state index contributed by atoms with van der Waals surface area (Å²) < 4.78 is 6.40. The zero-order valence-corrected chi connectivity index (χ0v) is 12.0. The molecule has 1 aliphatic rings. The Hall–Kier alpha value is -1.24. The highest BCUT2D eigenvalue weighted by Crippen LogP contribution is 2.31. The van der Waals surface area contributed by atoms with Crippen LogP contribution in [-0.2, 0) is 15.3 Å². The Labute approximate surface area is 119 Å². The van der Waals surface area contributed by atoms with Crippen molar-refractivity contribution in [3.05, 3.63) is 46.5 Å². The molecule has 2 rings (SSSR count). The van der Waals surface area contributed by atoms with Crippen LogP contribution in [0.25, 0.3) is 0 Å². The maximum atomic E-state index is 11.4. The van der Waals surface area contributed by atoms with E-state index in [0.717, 1.165) is 10.0 Å². The molecule has 1 amide bonds. The molecule has 1 heterocycles. The molecule has 2 N–H and O–H groups in total. The molecular weight excluding hydrogens is 316 g/mol. The zero-order valence-electron chi connectivity index (χ0n) is 9.57. The lowest BCUT2D eigenvalue weighted by Gasteiger charge is -2.31. The van der Waals surface area contributed by atoms with Crippen molar-refractivity contribution >= 4 is 39.2 Å². The van der Waals surface area contributed by atoms with Crippen LogP contribution >= 0.6 is 28.1 Å².